The number of nitrogens with zero attached hydrogens (tertiary/aromatic N) is 1. The number of nitrogens with two attached hydrogens (primary N) is 1. The van der Waals surface area contributed by atoms with Crippen LogP contribution in [0.2, 0.25) is 0 Å². The largest absolute Gasteiger partial charge is 0.330 e. The molecule has 21 heavy (non-hydrogen) atoms. The van der Waals surface area contributed by atoms with Crippen LogP contribution in [0, 0.1) is 12.8 Å². The Balaban J connectivity index is 0.00000220. The predicted molar refractivity (Wildman–Crippen MR) is 91.3 cm³/mol. The summed E-state index contributed by atoms with van der Waals surface area (Å²) >= 11 is 3.37. The van der Waals surface area contributed by atoms with Gasteiger partial charge in [-0.15, -0.1) is 12.4 Å². The van der Waals surface area contributed by atoms with Crippen LogP contribution in [0.3, 0.4) is 0 Å². The maximum absolute atomic E-state index is 12.7. The maximum Gasteiger partial charge on any atom is 0.244 e. The number of halogens is 2. The van der Waals surface area contributed by atoms with E-state index in [1.165, 1.54) is 0 Å². The molecule has 7 heteroatoms. The molecule has 0 bridgehead atoms. The van der Waals surface area contributed by atoms with Gasteiger partial charge in [-0.25, -0.2) is 8.42 Å². The SMILES string of the molecule is Cc1ccc(S(=O)(=O)N2CCCC(CCN)C2)c(Br)c1.Cl. The predicted octanol–water partition coefficient (Wildman–Crippen LogP) is 2.93. The summed E-state index contributed by atoms with van der Waals surface area (Å²) < 4.78 is 27.7. The monoisotopic (exact) mass is 396 g/mol. The minimum Gasteiger partial charge on any atom is -0.330 e. The highest BCUT2D eigenvalue weighted by atomic mass is 79.9. The molecule has 1 saturated heterocycles. The summed E-state index contributed by atoms with van der Waals surface area (Å²) in [6.07, 6.45) is 2.87. The van der Waals surface area contributed by atoms with Gasteiger partial charge in [-0.2, -0.15) is 4.31 Å². The van der Waals surface area contributed by atoms with Crippen molar-refractivity contribution in [3.05, 3.63) is 28.2 Å². The van der Waals surface area contributed by atoms with E-state index in [-0.39, 0.29) is 12.4 Å². The second-order valence-electron chi connectivity index (χ2n) is 5.38. The van der Waals surface area contributed by atoms with Crippen LogP contribution >= 0.6 is 28.3 Å². The molecule has 0 saturated carbocycles. The standard InChI is InChI=1S/C14H21BrN2O2S.ClH/c1-11-4-5-14(13(15)9-11)20(18,19)17-8-2-3-12(10-17)6-7-16;/h4-5,9,12H,2-3,6-8,10,16H2,1H3;1H. The number of rotatable bonds is 4. The second-order valence-corrected chi connectivity index (χ2v) is 8.14. The third-order valence-corrected chi connectivity index (χ3v) is 6.60. The number of piperidine rings is 1. The zero-order chi connectivity index (χ0) is 14.8. The lowest BCUT2D eigenvalue weighted by molar-refractivity contribution is 0.258. The summed E-state index contributed by atoms with van der Waals surface area (Å²) in [5, 5.41) is 0. The van der Waals surface area contributed by atoms with Crippen LogP contribution < -0.4 is 5.73 Å². The maximum atomic E-state index is 12.7. The lowest BCUT2D eigenvalue weighted by atomic mass is 9.96. The van der Waals surface area contributed by atoms with E-state index in [4.69, 9.17) is 5.73 Å². The van der Waals surface area contributed by atoms with E-state index in [0.717, 1.165) is 24.8 Å². The van der Waals surface area contributed by atoms with Crippen molar-refractivity contribution in [1.29, 1.82) is 0 Å². The molecule has 4 nitrogen and oxygen atoms in total. The molecule has 0 amide bonds. The molecular formula is C14H22BrClN2O2S. The average molecular weight is 398 g/mol. The van der Waals surface area contributed by atoms with Crippen molar-refractivity contribution < 1.29 is 8.42 Å². The molecule has 0 spiro atoms. The van der Waals surface area contributed by atoms with Gasteiger partial charge in [0.1, 0.15) is 0 Å². The van der Waals surface area contributed by atoms with Crippen molar-refractivity contribution in [2.24, 2.45) is 11.7 Å². The zero-order valence-electron chi connectivity index (χ0n) is 12.1. The molecule has 1 aliphatic heterocycles. The summed E-state index contributed by atoms with van der Waals surface area (Å²) in [7, 11) is -3.42. The summed E-state index contributed by atoms with van der Waals surface area (Å²) in [5.41, 5.74) is 6.63. The Morgan fingerprint density at radius 2 is 2.14 bits per heavy atom. The van der Waals surface area contributed by atoms with Gasteiger partial charge >= 0.3 is 0 Å². The van der Waals surface area contributed by atoms with E-state index in [2.05, 4.69) is 15.9 Å². The summed E-state index contributed by atoms with van der Waals surface area (Å²) in [6, 6.07) is 5.36. The zero-order valence-corrected chi connectivity index (χ0v) is 15.3. The number of hydrogen-bond donors (Lipinski definition) is 1. The molecule has 2 N–H and O–H groups in total. The van der Waals surface area contributed by atoms with Crippen LogP contribution in [0.25, 0.3) is 0 Å². The Bertz CT molecular complexity index is 578. The number of aryl methyl sites for hydroxylation is 1. The fraction of sp³-hybridized carbons (Fsp3) is 0.571. The highest BCUT2D eigenvalue weighted by molar-refractivity contribution is 9.10. The van der Waals surface area contributed by atoms with E-state index in [9.17, 15) is 8.42 Å². The minimum absolute atomic E-state index is 0. The van der Waals surface area contributed by atoms with Gasteiger partial charge in [0.25, 0.3) is 0 Å². The molecule has 1 unspecified atom stereocenters. The Morgan fingerprint density at radius 3 is 2.76 bits per heavy atom. The van der Waals surface area contributed by atoms with Crippen LogP contribution in [0.1, 0.15) is 24.8 Å². The van der Waals surface area contributed by atoms with E-state index >= 15 is 0 Å². The van der Waals surface area contributed by atoms with Crippen molar-refractivity contribution >= 4 is 38.4 Å². The van der Waals surface area contributed by atoms with Gasteiger partial charge in [0.05, 0.1) is 4.90 Å². The molecular weight excluding hydrogens is 376 g/mol. The first-order valence-electron chi connectivity index (χ1n) is 6.91. The molecule has 0 aromatic heterocycles. The van der Waals surface area contributed by atoms with Crippen molar-refractivity contribution in [1.82, 2.24) is 4.31 Å². The first kappa shape index (κ1) is 18.9. The van der Waals surface area contributed by atoms with E-state index < -0.39 is 10.0 Å². The van der Waals surface area contributed by atoms with Gasteiger partial charge in [0, 0.05) is 17.6 Å². The highest BCUT2D eigenvalue weighted by Crippen LogP contribution is 2.29. The molecule has 1 aromatic rings. The molecule has 1 aliphatic rings. The first-order chi connectivity index (χ1) is 9.45. The highest BCUT2D eigenvalue weighted by Gasteiger charge is 2.31. The van der Waals surface area contributed by atoms with Gasteiger partial charge in [-0.3, -0.25) is 0 Å². The molecule has 1 fully saturated rings. The van der Waals surface area contributed by atoms with Gasteiger partial charge < -0.3 is 5.73 Å². The first-order valence-corrected chi connectivity index (χ1v) is 9.15. The van der Waals surface area contributed by atoms with Crippen molar-refractivity contribution in [2.75, 3.05) is 19.6 Å². The number of sulfonamides is 1. The topological polar surface area (TPSA) is 63.4 Å². The average Bonchev–Trinajstić information content (AvgIpc) is 2.39. The molecule has 1 heterocycles. The van der Waals surface area contributed by atoms with Crippen LogP contribution in [-0.2, 0) is 10.0 Å². The Labute approximate surface area is 141 Å². The third kappa shape index (κ3) is 4.42. The van der Waals surface area contributed by atoms with Gasteiger partial charge in [-0.05, 0) is 72.3 Å². The Kier molecular flexibility index (Phi) is 7.13. The summed E-state index contributed by atoms with van der Waals surface area (Å²) in [5.74, 6) is 0.382. The number of hydrogen-bond acceptors (Lipinski definition) is 3. The summed E-state index contributed by atoms with van der Waals surface area (Å²) in [6.45, 7) is 3.75. The van der Waals surface area contributed by atoms with Crippen LogP contribution in [0.5, 0.6) is 0 Å². The Morgan fingerprint density at radius 1 is 1.43 bits per heavy atom. The fourth-order valence-electron chi connectivity index (χ4n) is 2.67. The van der Waals surface area contributed by atoms with Crippen LogP contribution in [0.15, 0.2) is 27.6 Å². The quantitative estimate of drug-likeness (QED) is 0.849. The van der Waals surface area contributed by atoms with E-state index in [1.54, 1.807) is 10.4 Å². The molecule has 1 aromatic carbocycles. The molecule has 1 atom stereocenters. The van der Waals surface area contributed by atoms with Crippen molar-refractivity contribution in [3.8, 4) is 0 Å². The normalized spacial score (nSPS) is 20.0. The fourth-order valence-corrected chi connectivity index (χ4v) is 5.38. The molecule has 0 aliphatic carbocycles. The Hall–Kier alpha value is -0.140. The van der Waals surface area contributed by atoms with E-state index in [0.29, 0.717) is 34.9 Å². The number of benzene rings is 1. The smallest absolute Gasteiger partial charge is 0.244 e. The van der Waals surface area contributed by atoms with Crippen LogP contribution in [-0.4, -0.2) is 32.4 Å². The van der Waals surface area contributed by atoms with Gasteiger partial charge in [-0.1, -0.05) is 6.07 Å². The molecule has 120 valence electrons. The lowest BCUT2D eigenvalue weighted by Crippen LogP contribution is -2.40. The van der Waals surface area contributed by atoms with Gasteiger partial charge in [0.2, 0.25) is 10.0 Å². The molecule has 0 radical (unpaired) electrons. The van der Waals surface area contributed by atoms with Gasteiger partial charge in [0.15, 0.2) is 0 Å². The molecule has 2 rings (SSSR count). The second kappa shape index (κ2) is 7.92. The minimum atomic E-state index is -3.42. The lowest BCUT2D eigenvalue weighted by Gasteiger charge is -2.32. The van der Waals surface area contributed by atoms with E-state index in [1.807, 2.05) is 19.1 Å². The van der Waals surface area contributed by atoms with Crippen LogP contribution in [0.4, 0.5) is 0 Å². The third-order valence-electron chi connectivity index (χ3n) is 3.76. The van der Waals surface area contributed by atoms with Crippen molar-refractivity contribution in [3.63, 3.8) is 0 Å². The summed E-state index contributed by atoms with van der Waals surface area (Å²) in [4.78, 5) is 0.358. The van der Waals surface area contributed by atoms with Crippen molar-refractivity contribution in [2.45, 2.75) is 31.1 Å².